The zero-order valence-corrected chi connectivity index (χ0v) is 18.8. The molecule has 0 bridgehead atoms. The van der Waals surface area contributed by atoms with Gasteiger partial charge in [-0.3, -0.25) is 24.1 Å². The summed E-state index contributed by atoms with van der Waals surface area (Å²) in [5.41, 5.74) is 2.78. The Morgan fingerprint density at radius 3 is 2.00 bits per heavy atom. The summed E-state index contributed by atoms with van der Waals surface area (Å²) in [7, 11) is 0. The van der Waals surface area contributed by atoms with Crippen LogP contribution in [0.5, 0.6) is 0 Å². The van der Waals surface area contributed by atoms with Gasteiger partial charge in [-0.1, -0.05) is 58.7 Å². The molecule has 7 heteroatoms. The molecule has 1 heterocycles. The van der Waals surface area contributed by atoms with E-state index in [2.05, 4.69) is 33.0 Å². The monoisotopic (exact) mass is 428 g/mol. The molecule has 3 rings (SSSR count). The van der Waals surface area contributed by atoms with Crippen molar-refractivity contribution in [1.82, 2.24) is 4.90 Å². The second kappa shape index (κ2) is 9.62. The molecule has 0 radical (unpaired) electrons. The molecule has 0 spiro atoms. The fourth-order valence-electron chi connectivity index (χ4n) is 4.58. The third-order valence-electron chi connectivity index (χ3n) is 6.22. The SMILES string of the molecule is CC(C)c1cccc(C(C)C)c1NC(=O)COC(=O)CN1C(=O)[C@H]2CCCC[C@H]2C1=O. The maximum Gasteiger partial charge on any atom is 0.326 e. The van der Waals surface area contributed by atoms with Crippen LogP contribution in [0.25, 0.3) is 0 Å². The molecule has 3 amide bonds. The van der Waals surface area contributed by atoms with Crippen LogP contribution >= 0.6 is 0 Å². The first-order valence-corrected chi connectivity index (χ1v) is 11.1. The van der Waals surface area contributed by atoms with Crippen LogP contribution in [0.1, 0.15) is 76.3 Å². The van der Waals surface area contributed by atoms with Crippen LogP contribution in [0.3, 0.4) is 0 Å². The molecule has 1 aromatic carbocycles. The van der Waals surface area contributed by atoms with Gasteiger partial charge in [0.05, 0.1) is 11.8 Å². The molecule has 2 aliphatic rings. The summed E-state index contributed by atoms with van der Waals surface area (Å²) in [5, 5.41) is 2.89. The summed E-state index contributed by atoms with van der Waals surface area (Å²) in [6.07, 6.45) is 3.23. The first-order valence-electron chi connectivity index (χ1n) is 11.1. The van der Waals surface area contributed by atoms with E-state index < -0.39 is 25.0 Å². The topological polar surface area (TPSA) is 92.8 Å². The Bertz CT molecular complexity index is 826. The van der Waals surface area contributed by atoms with Crippen molar-refractivity contribution in [3.63, 3.8) is 0 Å². The summed E-state index contributed by atoms with van der Waals surface area (Å²) in [6, 6.07) is 5.92. The number of hydrogen-bond acceptors (Lipinski definition) is 5. The molecular weight excluding hydrogens is 396 g/mol. The zero-order valence-electron chi connectivity index (χ0n) is 18.8. The highest BCUT2D eigenvalue weighted by atomic mass is 16.5. The number of nitrogens with zero attached hydrogens (tertiary/aromatic N) is 1. The van der Waals surface area contributed by atoms with Crippen LogP contribution in [-0.4, -0.2) is 41.7 Å². The number of esters is 1. The average Bonchev–Trinajstić information content (AvgIpc) is 2.97. The number of hydrogen-bond donors (Lipinski definition) is 1. The number of para-hydroxylation sites is 1. The van der Waals surface area contributed by atoms with E-state index in [4.69, 9.17) is 4.74 Å². The maximum absolute atomic E-state index is 12.5. The molecule has 1 aromatic rings. The van der Waals surface area contributed by atoms with Gasteiger partial charge >= 0.3 is 5.97 Å². The number of amides is 3. The molecule has 1 aliphatic heterocycles. The van der Waals surface area contributed by atoms with Gasteiger partial charge in [0.15, 0.2) is 6.61 Å². The minimum absolute atomic E-state index is 0.215. The molecule has 1 N–H and O–H groups in total. The Kier molecular flexibility index (Phi) is 7.13. The minimum Gasteiger partial charge on any atom is -0.454 e. The van der Waals surface area contributed by atoms with Gasteiger partial charge in [0.25, 0.3) is 5.91 Å². The van der Waals surface area contributed by atoms with E-state index in [1.54, 1.807) is 0 Å². The molecule has 0 aromatic heterocycles. The van der Waals surface area contributed by atoms with Crippen molar-refractivity contribution in [2.24, 2.45) is 11.8 Å². The lowest BCUT2D eigenvalue weighted by molar-refractivity contribution is -0.154. The highest BCUT2D eigenvalue weighted by Gasteiger charge is 2.48. The van der Waals surface area contributed by atoms with Gasteiger partial charge in [-0.25, -0.2) is 0 Å². The molecule has 2 fully saturated rings. The summed E-state index contributed by atoms with van der Waals surface area (Å²) in [5.74, 6) is -1.96. The summed E-state index contributed by atoms with van der Waals surface area (Å²) in [4.78, 5) is 50.7. The number of benzene rings is 1. The van der Waals surface area contributed by atoms with Crippen molar-refractivity contribution < 1.29 is 23.9 Å². The number of rotatable bonds is 7. The molecule has 1 saturated carbocycles. The molecule has 0 unspecified atom stereocenters. The number of imide groups is 1. The van der Waals surface area contributed by atoms with Crippen molar-refractivity contribution >= 4 is 29.4 Å². The van der Waals surface area contributed by atoms with Gasteiger partial charge in [0.2, 0.25) is 11.8 Å². The Morgan fingerprint density at radius 2 is 1.52 bits per heavy atom. The summed E-state index contributed by atoms with van der Waals surface area (Å²) in [6.45, 7) is 7.31. The van der Waals surface area contributed by atoms with E-state index in [1.807, 2.05) is 18.2 Å². The van der Waals surface area contributed by atoms with Crippen molar-refractivity contribution in [2.45, 2.75) is 65.2 Å². The van der Waals surface area contributed by atoms with Crippen molar-refractivity contribution in [2.75, 3.05) is 18.5 Å². The lowest BCUT2D eigenvalue weighted by Gasteiger charge is -2.20. The normalized spacial score (nSPS) is 20.9. The van der Waals surface area contributed by atoms with E-state index in [0.29, 0.717) is 12.8 Å². The Morgan fingerprint density at radius 1 is 1.00 bits per heavy atom. The first kappa shape index (κ1) is 23.0. The number of nitrogens with one attached hydrogen (secondary N) is 1. The van der Waals surface area contributed by atoms with Gasteiger partial charge in [-0.2, -0.15) is 0 Å². The molecule has 7 nitrogen and oxygen atoms in total. The Hall–Kier alpha value is -2.70. The second-order valence-electron chi connectivity index (χ2n) is 9.09. The number of ether oxygens (including phenoxy) is 1. The molecular formula is C24H32N2O5. The zero-order chi connectivity index (χ0) is 22.7. The van der Waals surface area contributed by atoms with Crippen LogP contribution < -0.4 is 5.32 Å². The summed E-state index contributed by atoms with van der Waals surface area (Å²) >= 11 is 0. The number of anilines is 1. The second-order valence-corrected chi connectivity index (χ2v) is 9.09. The van der Waals surface area contributed by atoms with Crippen molar-refractivity contribution in [3.05, 3.63) is 29.3 Å². The first-order chi connectivity index (χ1) is 14.7. The van der Waals surface area contributed by atoms with E-state index in [0.717, 1.165) is 34.6 Å². The predicted molar refractivity (Wildman–Crippen MR) is 116 cm³/mol. The molecule has 1 aliphatic carbocycles. The van der Waals surface area contributed by atoms with Gasteiger partial charge in [-0.15, -0.1) is 0 Å². The van der Waals surface area contributed by atoms with Crippen molar-refractivity contribution in [1.29, 1.82) is 0 Å². The van der Waals surface area contributed by atoms with E-state index in [1.165, 1.54) is 0 Å². The standard InChI is InChI=1S/C24H32N2O5/c1-14(2)16-10-7-11-17(15(3)4)22(16)25-20(27)13-31-21(28)12-26-23(29)18-8-5-6-9-19(18)24(26)30/h7,10-11,14-15,18-19H,5-6,8-9,12-13H2,1-4H3,(H,25,27)/t18-,19+. The van der Waals surface area contributed by atoms with Gasteiger partial charge in [0.1, 0.15) is 6.54 Å². The van der Waals surface area contributed by atoms with Gasteiger partial charge in [-0.05, 0) is 35.8 Å². The fourth-order valence-corrected chi connectivity index (χ4v) is 4.58. The molecule has 2 atom stereocenters. The quantitative estimate of drug-likeness (QED) is 0.529. The van der Waals surface area contributed by atoms with E-state index in [-0.39, 0.29) is 35.5 Å². The third kappa shape index (κ3) is 4.97. The Labute approximate surface area is 183 Å². The predicted octanol–water partition coefficient (Wildman–Crippen LogP) is 3.59. The number of carbonyl (C=O) groups is 4. The van der Waals surface area contributed by atoms with Crippen molar-refractivity contribution in [3.8, 4) is 0 Å². The summed E-state index contributed by atoms with van der Waals surface area (Å²) < 4.78 is 5.09. The third-order valence-corrected chi connectivity index (χ3v) is 6.22. The van der Waals surface area contributed by atoms with E-state index in [9.17, 15) is 19.2 Å². The van der Waals surface area contributed by atoms with E-state index >= 15 is 0 Å². The van der Waals surface area contributed by atoms with Crippen LogP contribution in [0.15, 0.2) is 18.2 Å². The highest BCUT2D eigenvalue weighted by Crippen LogP contribution is 2.38. The largest absolute Gasteiger partial charge is 0.454 e. The number of fused-ring (bicyclic) bond motifs is 1. The van der Waals surface area contributed by atoms with Crippen LogP contribution in [0.4, 0.5) is 5.69 Å². The lowest BCUT2D eigenvalue weighted by atomic mass is 9.81. The lowest BCUT2D eigenvalue weighted by Crippen LogP contribution is -2.37. The molecule has 168 valence electrons. The van der Waals surface area contributed by atoms with Gasteiger partial charge in [0, 0.05) is 5.69 Å². The Balaban J connectivity index is 1.59. The van der Waals surface area contributed by atoms with Crippen LogP contribution in [0.2, 0.25) is 0 Å². The maximum atomic E-state index is 12.5. The number of likely N-dealkylation sites (tertiary alicyclic amines) is 1. The molecule has 31 heavy (non-hydrogen) atoms. The van der Waals surface area contributed by atoms with Crippen LogP contribution in [-0.2, 0) is 23.9 Å². The van der Waals surface area contributed by atoms with Crippen LogP contribution in [0, 0.1) is 11.8 Å². The average molecular weight is 429 g/mol. The molecule has 1 saturated heterocycles. The number of carbonyl (C=O) groups excluding carboxylic acids is 4. The minimum atomic E-state index is -0.753. The fraction of sp³-hybridized carbons (Fsp3) is 0.583. The van der Waals surface area contributed by atoms with Gasteiger partial charge < -0.3 is 10.1 Å². The highest BCUT2D eigenvalue weighted by molar-refractivity contribution is 6.07. The smallest absolute Gasteiger partial charge is 0.326 e.